The Morgan fingerprint density at radius 2 is 1.82 bits per heavy atom. The summed E-state index contributed by atoms with van der Waals surface area (Å²) in [4.78, 5) is 15.8. The monoisotopic (exact) mass is 521 g/mol. The minimum Gasteiger partial charge on any atom is -0.497 e. The maximum absolute atomic E-state index is 14.0. The molecule has 0 saturated carbocycles. The molecule has 3 heterocycles. The van der Waals surface area contributed by atoms with E-state index < -0.39 is 6.04 Å². The lowest BCUT2D eigenvalue weighted by atomic mass is 10.0. The third-order valence-corrected chi connectivity index (χ3v) is 7.07. The molecule has 1 N–H and O–H groups in total. The predicted octanol–water partition coefficient (Wildman–Crippen LogP) is 6.51. The number of hydrogen-bond acceptors (Lipinski definition) is 3. The van der Waals surface area contributed by atoms with Gasteiger partial charge < -0.3 is 19.5 Å². The number of benzene rings is 3. The molecule has 0 saturated heterocycles. The molecule has 0 bridgehead atoms. The average Bonchev–Trinajstić information content (AvgIpc) is 3.55. The van der Waals surface area contributed by atoms with Crippen molar-refractivity contribution in [3.63, 3.8) is 0 Å². The number of carbonyl (C=O) groups is 1. The van der Waals surface area contributed by atoms with Crippen LogP contribution in [0.5, 0.6) is 5.75 Å². The van der Waals surface area contributed by atoms with Gasteiger partial charge in [-0.1, -0.05) is 37.3 Å². The van der Waals surface area contributed by atoms with E-state index in [0.29, 0.717) is 24.4 Å². The van der Waals surface area contributed by atoms with Gasteiger partial charge in [-0.15, -0.1) is 0 Å². The number of aromatic nitrogens is 3. The van der Waals surface area contributed by atoms with Gasteiger partial charge in [0.05, 0.1) is 36.8 Å². The molecule has 0 radical (unpaired) electrons. The van der Waals surface area contributed by atoms with E-state index in [9.17, 15) is 9.18 Å². The molecule has 5 aromatic rings. The van der Waals surface area contributed by atoms with Crippen molar-refractivity contribution in [3.05, 3.63) is 126 Å². The van der Waals surface area contributed by atoms with Gasteiger partial charge in [-0.3, -0.25) is 0 Å². The molecule has 3 aromatic carbocycles. The Labute approximate surface area is 226 Å². The van der Waals surface area contributed by atoms with Crippen LogP contribution in [0.4, 0.5) is 14.9 Å². The summed E-state index contributed by atoms with van der Waals surface area (Å²) in [6.45, 7) is 2.39. The number of fused-ring (bicyclic) bond motifs is 3. The summed E-state index contributed by atoms with van der Waals surface area (Å²) in [5, 5.41) is 7.97. The minimum atomic E-state index is -0.433. The number of ether oxygens (including phenoxy) is 1. The Morgan fingerprint density at radius 3 is 2.56 bits per heavy atom. The van der Waals surface area contributed by atoms with Crippen molar-refractivity contribution in [2.45, 2.75) is 25.9 Å². The first kappa shape index (κ1) is 24.5. The molecule has 8 heteroatoms. The molecule has 2 amide bonds. The lowest BCUT2D eigenvalue weighted by Gasteiger charge is -2.31. The van der Waals surface area contributed by atoms with Crippen molar-refractivity contribution >= 4 is 11.7 Å². The number of amides is 2. The average molecular weight is 522 g/mol. The second-order valence-electron chi connectivity index (χ2n) is 9.40. The van der Waals surface area contributed by atoms with Crippen LogP contribution >= 0.6 is 0 Å². The number of aryl methyl sites for hydroxylation is 1. The van der Waals surface area contributed by atoms with Gasteiger partial charge in [0.25, 0.3) is 0 Å². The fraction of sp³-hybridized carbons (Fsp3) is 0.161. The minimum absolute atomic E-state index is 0.301. The van der Waals surface area contributed by atoms with Gasteiger partial charge in [0.1, 0.15) is 17.4 Å². The molecule has 7 nitrogen and oxygen atoms in total. The fourth-order valence-electron chi connectivity index (χ4n) is 5.24. The summed E-state index contributed by atoms with van der Waals surface area (Å²) in [7, 11) is 1.63. The highest BCUT2D eigenvalue weighted by atomic mass is 19.1. The van der Waals surface area contributed by atoms with E-state index in [2.05, 4.69) is 16.8 Å². The van der Waals surface area contributed by atoms with Gasteiger partial charge in [0, 0.05) is 17.4 Å². The molecule has 6 rings (SSSR count). The standard InChI is InChI=1S/C31H28FN5O2/c1-3-27-26-20-36(31(38)33-23-16-14-22(32)15-17-23)29(21-9-7-12-25(19-21)39-2)28-13-8-18-35(28)30(26)37(34-27)24-10-5-4-6-11-24/h4-19,29H,3,20H2,1-2H3,(H,33,38)/t29-/m1/s1. The van der Waals surface area contributed by atoms with Crippen LogP contribution in [-0.2, 0) is 13.0 Å². The number of carbonyl (C=O) groups excluding carboxylic acids is 1. The lowest BCUT2D eigenvalue weighted by Crippen LogP contribution is -2.38. The number of urea groups is 1. The molecular weight excluding hydrogens is 493 g/mol. The first-order valence-corrected chi connectivity index (χ1v) is 12.9. The van der Waals surface area contributed by atoms with Crippen LogP contribution in [0.25, 0.3) is 11.5 Å². The van der Waals surface area contributed by atoms with Crippen molar-refractivity contribution in [2.24, 2.45) is 0 Å². The molecule has 0 aliphatic carbocycles. The van der Waals surface area contributed by atoms with Crippen LogP contribution in [0.15, 0.2) is 97.2 Å². The van der Waals surface area contributed by atoms with Crippen molar-refractivity contribution in [3.8, 4) is 17.3 Å². The highest BCUT2D eigenvalue weighted by molar-refractivity contribution is 5.90. The van der Waals surface area contributed by atoms with Gasteiger partial charge >= 0.3 is 6.03 Å². The highest BCUT2D eigenvalue weighted by Crippen LogP contribution is 2.39. The normalized spacial score (nSPS) is 14.3. The zero-order chi connectivity index (χ0) is 26.9. The number of para-hydroxylation sites is 1. The number of halogens is 1. The van der Waals surface area contributed by atoms with E-state index in [-0.39, 0.29) is 11.8 Å². The second-order valence-corrected chi connectivity index (χ2v) is 9.40. The van der Waals surface area contributed by atoms with Crippen LogP contribution in [0.3, 0.4) is 0 Å². The number of anilines is 1. The maximum Gasteiger partial charge on any atom is 0.322 e. The van der Waals surface area contributed by atoms with Crippen molar-refractivity contribution < 1.29 is 13.9 Å². The Hall–Kier alpha value is -4.85. The summed E-state index contributed by atoms with van der Waals surface area (Å²) in [6, 6.07) is 26.9. The van der Waals surface area contributed by atoms with E-state index in [1.54, 1.807) is 19.2 Å². The third kappa shape index (κ3) is 4.44. The fourth-order valence-corrected chi connectivity index (χ4v) is 5.24. The van der Waals surface area contributed by atoms with E-state index in [4.69, 9.17) is 9.84 Å². The van der Waals surface area contributed by atoms with Gasteiger partial charge in [-0.25, -0.2) is 13.9 Å². The van der Waals surface area contributed by atoms with Crippen molar-refractivity contribution in [1.82, 2.24) is 19.2 Å². The quantitative estimate of drug-likeness (QED) is 0.287. The highest BCUT2D eigenvalue weighted by Gasteiger charge is 2.36. The summed E-state index contributed by atoms with van der Waals surface area (Å²) in [5.41, 5.74) is 5.16. The maximum atomic E-state index is 14.0. The molecule has 0 unspecified atom stereocenters. The summed E-state index contributed by atoms with van der Waals surface area (Å²) in [6.07, 6.45) is 2.72. The van der Waals surface area contributed by atoms with Crippen molar-refractivity contribution in [1.29, 1.82) is 0 Å². The van der Waals surface area contributed by atoms with Crippen LogP contribution in [-0.4, -0.2) is 32.4 Å². The topological polar surface area (TPSA) is 64.3 Å². The van der Waals surface area contributed by atoms with E-state index in [1.165, 1.54) is 12.1 Å². The Morgan fingerprint density at radius 1 is 1.03 bits per heavy atom. The second kappa shape index (κ2) is 10.1. The van der Waals surface area contributed by atoms with Gasteiger partial charge in [-0.05, 0) is 72.6 Å². The molecule has 2 aromatic heterocycles. The Kier molecular flexibility index (Phi) is 6.36. The summed E-state index contributed by atoms with van der Waals surface area (Å²) < 4.78 is 23.2. The van der Waals surface area contributed by atoms with Gasteiger partial charge in [0.15, 0.2) is 0 Å². The molecule has 196 valence electrons. The zero-order valence-corrected chi connectivity index (χ0v) is 21.7. The predicted molar refractivity (Wildman–Crippen MR) is 148 cm³/mol. The zero-order valence-electron chi connectivity index (χ0n) is 21.7. The van der Waals surface area contributed by atoms with E-state index in [1.807, 2.05) is 82.5 Å². The largest absolute Gasteiger partial charge is 0.497 e. The molecular formula is C31H28FN5O2. The van der Waals surface area contributed by atoms with Crippen LogP contribution in [0, 0.1) is 5.82 Å². The van der Waals surface area contributed by atoms with Gasteiger partial charge in [0.2, 0.25) is 0 Å². The third-order valence-electron chi connectivity index (χ3n) is 7.07. The number of hydrogen-bond donors (Lipinski definition) is 1. The van der Waals surface area contributed by atoms with Crippen molar-refractivity contribution in [2.75, 3.05) is 12.4 Å². The lowest BCUT2D eigenvalue weighted by molar-refractivity contribution is 0.194. The molecule has 0 fully saturated rings. The first-order valence-electron chi connectivity index (χ1n) is 12.9. The molecule has 1 aliphatic heterocycles. The first-order chi connectivity index (χ1) is 19.1. The number of rotatable bonds is 5. The number of nitrogens with one attached hydrogen (secondary N) is 1. The van der Waals surface area contributed by atoms with Gasteiger partial charge in [-0.2, -0.15) is 5.10 Å². The van der Waals surface area contributed by atoms with Crippen LogP contribution in [0.2, 0.25) is 0 Å². The molecule has 1 atom stereocenters. The number of nitrogens with zero attached hydrogens (tertiary/aromatic N) is 4. The smallest absolute Gasteiger partial charge is 0.322 e. The summed E-state index contributed by atoms with van der Waals surface area (Å²) >= 11 is 0. The molecule has 1 aliphatic rings. The van der Waals surface area contributed by atoms with E-state index in [0.717, 1.165) is 34.0 Å². The molecule has 0 spiro atoms. The van der Waals surface area contributed by atoms with Crippen LogP contribution in [0.1, 0.15) is 35.5 Å². The summed E-state index contributed by atoms with van der Waals surface area (Å²) in [5.74, 6) is 1.25. The number of methoxy groups -OCH3 is 1. The SMILES string of the molecule is CCc1nn(-c2ccccc2)c2c1CN(C(=O)Nc1ccc(F)cc1)[C@H](c1cccc(OC)c1)c1cccn1-2. The van der Waals surface area contributed by atoms with Crippen LogP contribution < -0.4 is 10.1 Å². The Bertz CT molecular complexity index is 1620. The van der Waals surface area contributed by atoms with E-state index >= 15 is 0 Å². The molecule has 39 heavy (non-hydrogen) atoms. The Balaban J connectivity index is 1.55.